The fourth-order valence-electron chi connectivity index (χ4n) is 3.75. The number of aromatic nitrogens is 2. The number of aryl methyl sites for hydroxylation is 1. The van der Waals surface area contributed by atoms with Gasteiger partial charge in [-0.2, -0.15) is 0 Å². The molecule has 1 aromatic heterocycles. The van der Waals surface area contributed by atoms with E-state index in [9.17, 15) is 9.59 Å². The molecule has 1 saturated heterocycles. The van der Waals surface area contributed by atoms with E-state index in [0.717, 1.165) is 0 Å². The first-order valence-electron chi connectivity index (χ1n) is 10.6. The fraction of sp³-hybridized carbons (Fsp3) is 0.500. The normalized spacial score (nSPS) is 14.0. The molecule has 1 aliphatic heterocycles. The zero-order valence-corrected chi connectivity index (χ0v) is 19.7. The summed E-state index contributed by atoms with van der Waals surface area (Å²) < 4.78 is 22.7. The van der Waals surface area contributed by atoms with Gasteiger partial charge < -0.3 is 29.2 Å². The van der Waals surface area contributed by atoms with E-state index >= 15 is 0 Å². The molecule has 1 aliphatic rings. The van der Waals surface area contributed by atoms with Gasteiger partial charge in [-0.15, -0.1) is 5.10 Å². The third-order valence-corrected chi connectivity index (χ3v) is 5.52. The highest BCUT2D eigenvalue weighted by Gasteiger charge is 2.26. The number of rotatable bonds is 9. The van der Waals surface area contributed by atoms with Crippen LogP contribution >= 0.6 is 0 Å². The largest absolute Gasteiger partial charge is 0.493 e. The number of ether oxygens (including phenoxy) is 4. The van der Waals surface area contributed by atoms with Crippen LogP contribution in [0.25, 0.3) is 0 Å². The third-order valence-electron chi connectivity index (χ3n) is 5.52. The second-order valence-corrected chi connectivity index (χ2v) is 7.53. The van der Waals surface area contributed by atoms with Gasteiger partial charge >= 0.3 is 0 Å². The average molecular weight is 462 g/mol. The van der Waals surface area contributed by atoms with Crippen LogP contribution in [0.15, 0.2) is 18.3 Å². The highest BCUT2D eigenvalue weighted by Crippen LogP contribution is 2.38. The molecular formula is C22H31N5O6. The number of nitrogens with one attached hydrogen (secondary N) is 1. The molecule has 3 rings (SSSR count). The number of benzene rings is 1. The van der Waals surface area contributed by atoms with Crippen molar-refractivity contribution in [3.63, 3.8) is 0 Å². The molecule has 0 atom stereocenters. The van der Waals surface area contributed by atoms with Crippen molar-refractivity contribution in [2.45, 2.75) is 0 Å². The summed E-state index contributed by atoms with van der Waals surface area (Å²) in [6.45, 7) is 3.77. The van der Waals surface area contributed by atoms with Gasteiger partial charge in [0.2, 0.25) is 11.6 Å². The molecule has 1 N–H and O–H groups in total. The van der Waals surface area contributed by atoms with E-state index in [2.05, 4.69) is 15.3 Å². The van der Waals surface area contributed by atoms with E-state index in [4.69, 9.17) is 18.9 Å². The minimum Gasteiger partial charge on any atom is -0.493 e. The molecule has 0 saturated carbocycles. The van der Waals surface area contributed by atoms with Crippen molar-refractivity contribution < 1.29 is 28.5 Å². The molecule has 0 spiro atoms. The van der Waals surface area contributed by atoms with Crippen LogP contribution in [0.5, 0.6) is 23.1 Å². The molecule has 0 radical (unpaired) electrons. The molecular weight excluding hydrogens is 430 g/mol. The zero-order valence-electron chi connectivity index (χ0n) is 19.7. The number of amides is 2. The molecule has 2 heterocycles. The Balaban J connectivity index is 1.49. The van der Waals surface area contributed by atoms with Gasteiger partial charge in [-0.05, 0) is 12.1 Å². The summed E-state index contributed by atoms with van der Waals surface area (Å²) >= 11 is 0. The first-order chi connectivity index (χ1) is 15.9. The Morgan fingerprint density at radius 3 is 2.15 bits per heavy atom. The molecule has 1 aromatic carbocycles. The Hall–Kier alpha value is -3.47. The first-order valence-corrected chi connectivity index (χ1v) is 10.6. The number of carbonyl (C=O) groups is 2. The maximum Gasteiger partial charge on any atom is 0.261 e. The van der Waals surface area contributed by atoms with Gasteiger partial charge in [0.15, 0.2) is 11.5 Å². The Morgan fingerprint density at radius 1 is 0.970 bits per heavy atom. The number of carbonyl (C=O) groups excluding carboxylic acids is 2. The van der Waals surface area contributed by atoms with Crippen LogP contribution in [0.1, 0.15) is 20.7 Å². The number of hydrogen-bond donors (Lipinski definition) is 1. The van der Waals surface area contributed by atoms with Crippen molar-refractivity contribution in [1.82, 2.24) is 24.9 Å². The molecule has 2 aromatic rings. The second-order valence-electron chi connectivity index (χ2n) is 7.53. The molecule has 33 heavy (non-hydrogen) atoms. The molecule has 11 heteroatoms. The third kappa shape index (κ3) is 5.48. The highest BCUT2D eigenvalue weighted by atomic mass is 16.5. The van der Waals surface area contributed by atoms with Gasteiger partial charge in [0.25, 0.3) is 11.8 Å². The maximum atomic E-state index is 12.8. The summed E-state index contributed by atoms with van der Waals surface area (Å²) in [4.78, 5) is 29.4. The van der Waals surface area contributed by atoms with Crippen LogP contribution in [0.4, 0.5) is 0 Å². The quantitative estimate of drug-likeness (QED) is 0.580. The second kappa shape index (κ2) is 10.9. The van der Waals surface area contributed by atoms with Crippen molar-refractivity contribution in [2.24, 2.45) is 7.05 Å². The van der Waals surface area contributed by atoms with Crippen molar-refractivity contribution in [3.8, 4) is 23.1 Å². The Bertz CT molecular complexity index is 959. The molecule has 0 bridgehead atoms. The summed E-state index contributed by atoms with van der Waals surface area (Å²) in [5, 5.41) is 7.07. The van der Waals surface area contributed by atoms with Crippen LogP contribution in [-0.2, 0) is 7.05 Å². The lowest BCUT2D eigenvalue weighted by atomic mass is 10.1. The predicted octanol–water partition coefficient (Wildman–Crippen LogP) is 0.642. The Labute approximate surface area is 193 Å². The van der Waals surface area contributed by atoms with Gasteiger partial charge in [-0.3, -0.25) is 19.2 Å². The van der Waals surface area contributed by atoms with Crippen molar-refractivity contribution in [2.75, 3.05) is 67.7 Å². The zero-order chi connectivity index (χ0) is 24.0. The van der Waals surface area contributed by atoms with E-state index < -0.39 is 0 Å². The van der Waals surface area contributed by atoms with E-state index in [-0.39, 0.29) is 11.8 Å². The maximum absolute atomic E-state index is 12.8. The van der Waals surface area contributed by atoms with Gasteiger partial charge in [0.05, 0.1) is 28.4 Å². The van der Waals surface area contributed by atoms with Crippen LogP contribution in [0.2, 0.25) is 0 Å². The number of hydrogen-bond acceptors (Lipinski definition) is 8. The van der Waals surface area contributed by atoms with E-state index in [1.165, 1.54) is 28.4 Å². The smallest absolute Gasteiger partial charge is 0.261 e. The molecule has 0 aliphatic carbocycles. The van der Waals surface area contributed by atoms with Crippen LogP contribution in [0.3, 0.4) is 0 Å². The van der Waals surface area contributed by atoms with E-state index in [1.54, 1.807) is 35.0 Å². The van der Waals surface area contributed by atoms with Gasteiger partial charge in [-0.1, -0.05) is 0 Å². The molecule has 0 unspecified atom stereocenters. The van der Waals surface area contributed by atoms with Crippen LogP contribution < -0.4 is 24.3 Å². The van der Waals surface area contributed by atoms with Crippen molar-refractivity contribution in [1.29, 1.82) is 0 Å². The summed E-state index contributed by atoms with van der Waals surface area (Å²) in [5.41, 5.74) is 0.886. The monoisotopic (exact) mass is 461 g/mol. The standard InChI is InChI=1S/C22H31N5O6/c1-25-14-16(21(24-25)33-5)22(29)27-10-8-26(9-11-27)7-6-23-20(28)15-12-17(30-2)19(32-4)18(13-15)31-3/h12-14H,6-11H2,1-5H3,(H,23,28). The van der Waals surface area contributed by atoms with Gasteiger partial charge in [-0.25, -0.2) is 0 Å². The van der Waals surface area contributed by atoms with Gasteiger partial charge in [0, 0.05) is 58.1 Å². The lowest BCUT2D eigenvalue weighted by Gasteiger charge is -2.34. The highest BCUT2D eigenvalue weighted by molar-refractivity contribution is 5.96. The Kier molecular flexibility index (Phi) is 7.99. The lowest BCUT2D eigenvalue weighted by Crippen LogP contribution is -2.50. The first kappa shape index (κ1) is 24.2. The summed E-state index contributed by atoms with van der Waals surface area (Å²) in [6, 6.07) is 3.24. The molecule has 1 fully saturated rings. The molecule has 180 valence electrons. The lowest BCUT2D eigenvalue weighted by molar-refractivity contribution is 0.0634. The van der Waals surface area contributed by atoms with Crippen molar-refractivity contribution >= 4 is 11.8 Å². The summed E-state index contributed by atoms with van der Waals surface area (Å²) in [6.07, 6.45) is 1.67. The fourth-order valence-corrected chi connectivity index (χ4v) is 3.75. The molecule has 11 nitrogen and oxygen atoms in total. The number of nitrogens with zero attached hydrogens (tertiary/aromatic N) is 4. The Morgan fingerprint density at radius 2 is 1.61 bits per heavy atom. The topological polar surface area (TPSA) is 107 Å². The molecule has 2 amide bonds. The minimum absolute atomic E-state index is 0.0877. The predicted molar refractivity (Wildman–Crippen MR) is 121 cm³/mol. The van der Waals surface area contributed by atoms with Crippen LogP contribution in [0, 0.1) is 0 Å². The minimum atomic E-state index is -0.230. The number of piperazine rings is 1. The summed E-state index contributed by atoms with van der Waals surface area (Å²) in [5.74, 6) is 1.30. The average Bonchev–Trinajstić information content (AvgIpc) is 3.23. The number of methoxy groups -OCH3 is 4. The van der Waals surface area contributed by atoms with Crippen molar-refractivity contribution in [3.05, 3.63) is 29.5 Å². The van der Waals surface area contributed by atoms with E-state index in [1.807, 2.05) is 0 Å². The summed E-state index contributed by atoms with van der Waals surface area (Å²) in [7, 11) is 7.79. The SMILES string of the molecule is COc1cc(C(=O)NCCN2CCN(C(=O)c3cn(C)nc3OC)CC2)cc(OC)c1OC. The van der Waals surface area contributed by atoms with Gasteiger partial charge in [0.1, 0.15) is 5.56 Å². The van der Waals surface area contributed by atoms with E-state index in [0.29, 0.717) is 73.5 Å². The van der Waals surface area contributed by atoms with Crippen LogP contribution in [-0.4, -0.2) is 99.1 Å².